The van der Waals surface area contributed by atoms with Crippen LogP contribution in [-0.4, -0.2) is 147 Å². The molecule has 9 atom stereocenters. The minimum absolute atomic E-state index is 0.0124. The van der Waals surface area contributed by atoms with Gasteiger partial charge in [-0.25, -0.2) is 4.98 Å². The fraction of sp³-hybridized carbons (Fsp3) is 0.466. The molecular formula is C58H84N16O11. The zero-order valence-corrected chi connectivity index (χ0v) is 48.5. The lowest BCUT2D eigenvalue weighted by Crippen LogP contribution is -2.61. The lowest BCUT2D eigenvalue weighted by molar-refractivity contribution is -0.136. The van der Waals surface area contributed by atoms with Crippen molar-refractivity contribution >= 4 is 59.1 Å². The molecule has 0 bridgehead atoms. The molecule has 0 aliphatic rings. The number of primary amides is 1. The lowest BCUT2D eigenvalue weighted by Gasteiger charge is -2.30. The summed E-state index contributed by atoms with van der Waals surface area (Å²) in [6.45, 7) is 6.59. The van der Waals surface area contributed by atoms with E-state index in [2.05, 4.69) is 57.8 Å². The third kappa shape index (κ3) is 24.0. The first-order chi connectivity index (χ1) is 40.5. The molecule has 4 aromatic rings. The number of nitrogens with one attached hydrogen (secondary N) is 11. The maximum atomic E-state index is 14.6. The Morgan fingerprint density at radius 2 is 1.07 bits per heavy atom. The molecule has 0 aliphatic carbocycles. The van der Waals surface area contributed by atoms with Gasteiger partial charge in [0.05, 0.1) is 24.6 Å². The fourth-order valence-corrected chi connectivity index (χ4v) is 8.86. The summed E-state index contributed by atoms with van der Waals surface area (Å²) in [5.74, 6) is -8.58. The number of benzene rings is 3. The smallest absolute Gasteiger partial charge is 0.243 e. The first-order valence-corrected chi connectivity index (χ1v) is 28.3. The van der Waals surface area contributed by atoms with E-state index in [0.717, 1.165) is 5.56 Å². The van der Waals surface area contributed by atoms with Crippen LogP contribution in [0.25, 0.3) is 0 Å². The van der Waals surface area contributed by atoms with Crippen LogP contribution in [0.4, 0.5) is 0 Å². The molecule has 0 fully saturated rings. The maximum absolute atomic E-state index is 14.6. The number of rotatable bonds is 36. The van der Waals surface area contributed by atoms with E-state index >= 15 is 0 Å². The standard InChI is InChI=1S/C58H84N16O11/c1-5-34(4)49(74-56(84)48(33(2)3)73-47(77)31-66-52(80)44(27-36-16-20-39(75)21-17-36)70-51(79)41(60)26-35-12-7-6-8-13-35)57(85)72-46(29-38-30-64-32-67-38)55(83)69-43(15-11-25-65-58(62)63)53(81)71-45(28-37-18-22-40(76)23-19-37)54(82)68-42(50(61)78)14-9-10-24-59/h6-8,12-13,16-23,30,32-34,41-46,48-49,75-76H,5,9-11,14-15,24-29,31,59-60H2,1-4H3,(H2,61,78)(H,64,67)(H,66,80)(H,68,82)(H,69,83)(H,70,79)(H,71,81)(H,72,85)(H,73,77)(H,74,84)(H4,62,63,65)/t34-,41-,42-,43-,44+,45-,46+,48-,49-/m0/s1. The highest BCUT2D eigenvalue weighted by Gasteiger charge is 2.36. The molecule has 4 rings (SSSR count). The largest absolute Gasteiger partial charge is 0.508 e. The summed E-state index contributed by atoms with van der Waals surface area (Å²) in [6, 6.07) is 10.8. The summed E-state index contributed by atoms with van der Waals surface area (Å²) in [4.78, 5) is 132. The quantitative estimate of drug-likeness (QED) is 0.0140. The van der Waals surface area contributed by atoms with Crippen molar-refractivity contribution in [2.24, 2.45) is 34.8 Å². The minimum Gasteiger partial charge on any atom is -0.508 e. The highest BCUT2D eigenvalue weighted by atomic mass is 16.3. The van der Waals surface area contributed by atoms with E-state index < -0.39 is 120 Å². The number of amides is 9. The summed E-state index contributed by atoms with van der Waals surface area (Å²) >= 11 is 0. The predicted molar refractivity (Wildman–Crippen MR) is 316 cm³/mol. The van der Waals surface area contributed by atoms with Crippen LogP contribution in [0.15, 0.2) is 91.4 Å². The van der Waals surface area contributed by atoms with Crippen LogP contribution >= 0.6 is 0 Å². The van der Waals surface area contributed by atoms with Gasteiger partial charge in [0.2, 0.25) is 53.2 Å². The molecule has 21 N–H and O–H groups in total. The molecule has 27 heteroatoms. The Labute approximate surface area is 494 Å². The van der Waals surface area contributed by atoms with Crippen molar-refractivity contribution < 1.29 is 53.4 Å². The van der Waals surface area contributed by atoms with Gasteiger partial charge in [0.25, 0.3) is 0 Å². The first kappa shape index (κ1) is 68.4. The van der Waals surface area contributed by atoms with Crippen LogP contribution in [0.1, 0.15) is 88.6 Å². The number of carbonyl (C=O) groups excluding carboxylic acids is 9. The number of nitrogens with two attached hydrogens (primary N) is 4. The Balaban J connectivity index is 1.53. The molecule has 0 aliphatic heterocycles. The number of imidazole rings is 1. The van der Waals surface area contributed by atoms with Gasteiger partial charge in [-0.05, 0) is 97.9 Å². The van der Waals surface area contributed by atoms with E-state index in [1.807, 2.05) is 18.2 Å². The average Bonchev–Trinajstić information content (AvgIpc) is 4.09. The molecule has 27 nitrogen and oxygen atoms in total. The Bertz CT molecular complexity index is 2820. The van der Waals surface area contributed by atoms with Crippen molar-refractivity contribution in [3.8, 4) is 11.5 Å². The Kier molecular flexibility index (Phi) is 28.3. The number of guanidine groups is 1. The van der Waals surface area contributed by atoms with Gasteiger partial charge >= 0.3 is 0 Å². The van der Waals surface area contributed by atoms with E-state index in [4.69, 9.17) is 28.3 Å². The van der Waals surface area contributed by atoms with Gasteiger partial charge in [0.1, 0.15) is 53.8 Å². The zero-order chi connectivity index (χ0) is 62.6. The van der Waals surface area contributed by atoms with Crippen LogP contribution in [0.2, 0.25) is 0 Å². The zero-order valence-electron chi connectivity index (χ0n) is 48.5. The first-order valence-electron chi connectivity index (χ1n) is 28.3. The second-order valence-corrected chi connectivity index (χ2v) is 21.2. The van der Waals surface area contributed by atoms with Crippen LogP contribution in [-0.2, 0) is 68.8 Å². The number of aromatic nitrogens is 2. The van der Waals surface area contributed by atoms with E-state index in [0.29, 0.717) is 42.6 Å². The van der Waals surface area contributed by atoms with E-state index in [1.54, 1.807) is 52.0 Å². The molecule has 9 amide bonds. The van der Waals surface area contributed by atoms with Crippen LogP contribution < -0.4 is 70.8 Å². The summed E-state index contributed by atoms with van der Waals surface area (Å²) in [5.41, 5.74) is 25.2. The van der Waals surface area contributed by atoms with Gasteiger partial charge < -0.3 is 86.0 Å². The van der Waals surface area contributed by atoms with Gasteiger partial charge in [-0.3, -0.25) is 48.6 Å². The molecule has 3 aromatic carbocycles. The summed E-state index contributed by atoms with van der Waals surface area (Å²) in [7, 11) is 0. The Morgan fingerprint density at radius 1 is 0.565 bits per heavy atom. The average molecular weight is 1180 g/mol. The number of aromatic hydroxyl groups is 2. The van der Waals surface area contributed by atoms with Gasteiger partial charge in [0.15, 0.2) is 5.96 Å². The summed E-state index contributed by atoms with van der Waals surface area (Å²) in [6.07, 6.45) is 4.25. The Morgan fingerprint density at radius 3 is 1.61 bits per heavy atom. The van der Waals surface area contributed by atoms with Gasteiger partial charge in [-0.2, -0.15) is 0 Å². The molecule has 0 saturated carbocycles. The van der Waals surface area contributed by atoms with Gasteiger partial charge in [0, 0.05) is 32.0 Å². The number of H-pyrrole nitrogens is 1. The minimum atomic E-state index is -1.45. The highest BCUT2D eigenvalue weighted by Crippen LogP contribution is 2.16. The summed E-state index contributed by atoms with van der Waals surface area (Å²) in [5, 5.41) is 51.4. The number of aromatic amines is 1. The van der Waals surface area contributed by atoms with Crippen molar-refractivity contribution in [2.45, 2.75) is 140 Å². The van der Waals surface area contributed by atoms with E-state index in [-0.39, 0.29) is 68.9 Å². The second kappa shape index (κ2) is 35.1. The SMILES string of the molecule is CC[C@H](C)[C@H](NC(=O)[C@@H](NC(=O)CNC(=O)[C@@H](Cc1ccc(O)cc1)NC(=O)[C@@H](N)Cc1ccccc1)C(C)C)C(=O)N[C@H](Cc1c[nH]cn1)C(=O)N[C@@H](CCCNC(=N)N)C(=O)N[C@@H](Cc1ccc(O)cc1)C(=O)N[C@@H](CCCCN)C(N)=O. The highest BCUT2D eigenvalue weighted by molar-refractivity contribution is 5.98. The van der Waals surface area contributed by atoms with Crippen molar-refractivity contribution in [1.82, 2.24) is 57.8 Å². The number of unbranched alkanes of at least 4 members (excludes halogenated alkanes) is 1. The normalized spacial score (nSPS) is 14.2. The summed E-state index contributed by atoms with van der Waals surface area (Å²) < 4.78 is 0. The third-order valence-corrected chi connectivity index (χ3v) is 14.0. The lowest BCUT2D eigenvalue weighted by atomic mass is 9.96. The molecule has 0 saturated heterocycles. The van der Waals surface area contributed by atoms with Crippen molar-refractivity contribution in [1.29, 1.82) is 5.41 Å². The fourth-order valence-electron chi connectivity index (χ4n) is 8.86. The monoisotopic (exact) mass is 1180 g/mol. The molecule has 0 spiro atoms. The van der Waals surface area contributed by atoms with Gasteiger partial charge in [-0.1, -0.05) is 88.7 Å². The molecule has 0 radical (unpaired) electrons. The topological polar surface area (TPSA) is 459 Å². The van der Waals surface area contributed by atoms with Crippen molar-refractivity contribution in [3.63, 3.8) is 0 Å². The number of nitrogens with zero attached hydrogens (tertiary/aromatic N) is 1. The van der Waals surface area contributed by atoms with Crippen LogP contribution in [0.5, 0.6) is 11.5 Å². The molecule has 0 unspecified atom stereocenters. The van der Waals surface area contributed by atoms with Gasteiger partial charge in [-0.15, -0.1) is 0 Å². The number of hydrogen-bond acceptors (Lipinski definition) is 15. The predicted octanol–water partition coefficient (Wildman–Crippen LogP) is -1.49. The molecule has 1 aromatic heterocycles. The number of phenolic OH excluding ortho intramolecular Hbond substituents is 2. The second-order valence-electron chi connectivity index (χ2n) is 21.2. The Hall–Kier alpha value is -9.11. The number of hydrogen-bond donors (Lipinski definition) is 17. The molecule has 462 valence electrons. The van der Waals surface area contributed by atoms with E-state index in [1.165, 1.54) is 48.9 Å². The number of carbonyl (C=O) groups is 9. The van der Waals surface area contributed by atoms with E-state index in [9.17, 15) is 53.4 Å². The molecule has 85 heavy (non-hydrogen) atoms. The van der Waals surface area contributed by atoms with Crippen LogP contribution in [0.3, 0.4) is 0 Å². The maximum Gasteiger partial charge on any atom is 0.243 e. The van der Waals surface area contributed by atoms with Crippen LogP contribution in [0, 0.1) is 17.2 Å². The third-order valence-electron chi connectivity index (χ3n) is 14.0. The molecular weight excluding hydrogens is 1100 g/mol. The van der Waals surface area contributed by atoms with Crippen molar-refractivity contribution in [2.75, 3.05) is 19.6 Å². The number of phenols is 2. The molecule has 1 heterocycles. The van der Waals surface area contributed by atoms with Crippen molar-refractivity contribution in [3.05, 3.63) is 114 Å².